The molecule has 19 heavy (non-hydrogen) atoms. The second kappa shape index (κ2) is 6.02. The molecule has 2 aromatic rings. The van der Waals surface area contributed by atoms with Crippen molar-refractivity contribution in [2.75, 3.05) is 0 Å². The van der Waals surface area contributed by atoms with Crippen LogP contribution in [0.15, 0.2) is 42.9 Å². The zero-order valence-corrected chi connectivity index (χ0v) is 12.1. The van der Waals surface area contributed by atoms with Crippen molar-refractivity contribution in [3.05, 3.63) is 54.1 Å². The van der Waals surface area contributed by atoms with E-state index in [4.69, 9.17) is 0 Å². The zero-order chi connectivity index (χ0) is 13.7. The molecule has 0 amide bonds. The molecule has 2 rings (SSSR count). The quantitative estimate of drug-likeness (QED) is 0.892. The maximum absolute atomic E-state index is 4.15. The van der Waals surface area contributed by atoms with Gasteiger partial charge in [0.15, 0.2) is 0 Å². The number of rotatable bonds is 5. The van der Waals surface area contributed by atoms with E-state index in [1.54, 1.807) is 0 Å². The van der Waals surface area contributed by atoms with Gasteiger partial charge in [-0.2, -0.15) is 0 Å². The van der Waals surface area contributed by atoms with Gasteiger partial charge < -0.3 is 9.88 Å². The van der Waals surface area contributed by atoms with Crippen molar-refractivity contribution >= 4 is 0 Å². The molecule has 0 spiro atoms. The highest BCUT2D eigenvalue weighted by molar-refractivity contribution is 5.11. The fraction of sp³-hybridized carbons (Fsp3) is 0.438. The summed E-state index contributed by atoms with van der Waals surface area (Å²) >= 11 is 0. The largest absolute Gasteiger partial charge is 0.350 e. The molecule has 102 valence electrons. The number of hydrogen-bond acceptors (Lipinski definition) is 2. The predicted molar refractivity (Wildman–Crippen MR) is 79.0 cm³/mol. The number of hydrogen-bond donors (Lipinski definition) is 1. The molecule has 0 aliphatic carbocycles. The lowest BCUT2D eigenvalue weighted by Crippen LogP contribution is -2.35. The Bertz CT molecular complexity index is 494. The van der Waals surface area contributed by atoms with Gasteiger partial charge in [-0.3, -0.25) is 4.98 Å². The number of aromatic nitrogens is 2. The summed E-state index contributed by atoms with van der Waals surface area (Å²) in [7, 11) is 0. The Balaban J connectivity index is 1.92. The Labute approximate surface area is 115 Å². The molecule has 2 heterocycles. The van der Waals surface area contributed by atoms with Crippen molar-refractivity contribution in [1.29, 1.82) is 0 Å². The van der Waals surface area contributed by atoms with Crippen LogP contribution < -0.4 is 5.32 Å². The molecule has 0 fully saturated rings. The molecule has 0 bridgehead atoms. The highest BCUT2D eigenvalue weighted by Crippen LogP contribution is 2.08. The molecule has 1 N–H and O–H groups in total. The van der Waals surface area contributed by atoms with Gasteiger partial charge in [0, 0.05) is 42.9 Å². The Morgan fingerprint density at radius 2 is 2.05 bits per heavy atom. The molecule has 0 saturated carbocycles. The van der Waals surface area contributed by atoms with E-state index in [2.05, 4.69) is 60.0 Å². The maximum Gasteiger partial charge on any atom is 0.0363 e. The number of pyridine rings is 1. The van der Waals surface area contributed by atoms with Crippen molar-refractivity contribution < 1.29 is 0 Å². The molecule has 0 saturated heterocycles. The molecule has 0 aliphatic rings. The van der Waals surface area contributed by atoms with Gasteiger partial charge in [-0.25, -0.2) is 0 Å². The van der Waals surface area contributed by atoms with E-state index in [1.807, 2.05) is 18.5 Å². The molecule has 0 radical (unpaired) electrons. The van der Waals surface area contributed by atoms with Crippen LogP contribution in [0.4, 0.5) is 0 Å². The number of nitrogens with zero attached hydrogens (tertiary/aromatic N) is 2. The molecule has 3 heteroatoms. The van der Waals surface area contributed by atoms with Crippen LogP contribution >= 0.6 is 0 Å². The van der Waals surface area contributed by atoms with Crippen LogP contribution in [0.3, 0.4) is 0 Å². The summed E-state index contributed by atoms with van der Waals surface area (Å²) in [5.74, 6) is 0. The molecule has 0 unspecified atom stereocenters. The fourth-order valence-electron chi connectivity index (χ4n) is 1.98. The number of nitrogens with one attached hydrogen (secondary N) is 1. The summed E-state index contributed by atoms with van der Waals surface area (Å²) in [5.41, 5.74) is 2.77. The summed E-state index contributed by atoms with van der Waals surface area (Å²) in [5, 5.41) is 3.53. The third-order valence-electron chi connectivity index (χ3n) is 3.09. The van der Waals surface area contributed by atoms with E-state index in [9.17, 15) is 0 Å². The summed E-state index contributed by atoms with van der Waals surface area (Å²) in [6.07, 6.45) is 6.93. The third-order valence-corrected chi connectivity index (χ3v) is 3.09. The Hall–Kier alpha value is -1.61. The lowest BCUT2D eigenvalue weighted by atomic mass is 10.1. The van der Waals surface area contributed by atoms with Crippen LogP contribution in [0.25, 0.3) is 0 Å². The summed E-state index contributed by atoms with van der Waals surface area (Å²) in [6, 6.07) is 8.42. The highest BCUT2D eigenvalue weighted by atomic mass is 15.0. The molecule has 0 atom stereocenters. The highest BCUT2D eigenvalue weighted by Gasteiger charge is 2.10. The summed E-state index contributed by atoms with van der Waals surface area (Å²) in [6.45, 7) is 8.48. The minimum Gasteiger partial charge on any atom is -0.350 e. The van der Waals surface area contributed by atoms with E-state index in [0.717, 1.165) is 19.5 Å². The van der Waals surface area contributed by atoms with Gasteiger partial charge in [0.1, 0.15) is 0 Å². The van der Waals surface area contributed by atoms with Crippen molar-refractivity contribution in [3.8, 4) is 0 Å². The molecule has 0 aliphatic heterocycles. The van der Waals surface area contributed by atoms with E-state index in [-0.39, 0.29) is 5.54 Å². The Morgan fingerprint density at radius 3 is 2.74 bits per heavy atom. The van der Waals surface area contributed by atoms with E-state index >= 15 is 0 Å². The molecular formula is C16H23N3. The van der Waals surface area contributed by atoms with Gasteiger partial charge in [0.05, 0.1) is 0 Å². The van der Waals surface area contributed by atoms with Gasteiger partial charge in [-0.1, -0.05) is 6.07 Å². The topological polar surface area (TPSA) is 29.9 Å². The lowest BCUT2D eigenvalue weighted by Gasteiger charge is -2.21. The van der Waals surface area contributed by atoms with Crippen molar-refractivity contribution in [2.45, 2.75) is 45.8 Å². The van der Waals surface area contributed by atoms with E-state index < -0.39 is 0 Å². The zero-order valence-electron chi connectivity index (χ0n) is 12.1. The van der Waals surface area contributed by atoms with Crippen LogP contribution in [-0.2, 0) is 19.5 Å². The minimum absolute atomic E-state index is 0.151. The van der Waals surface area contributed by atoms with Crippen LogP contribution in [0, 0.1) is 0 Å². The second-order valence-corrected chi connectivity index (χ2v) is 5.91. The van der Waals surface area contributed by atoms with Gasteiger partial charge in [-0.05, 0) is 51.0 Å². The van der Waals surface area contributed by atoms with E-state index in [0.29, 0.717) is 0 Å². The van der Waals surface area contributed by atoms with Gasteiger partial charge in [0.25, 0.3) is 0 Å². The molecular weight excluding hydrogens is 234 g/mol. The smallest absolute Gasteiger partial charge is 0.0363 e. The predicted octanol–water partition coefficient (Wildman–Crippen LogP) is 3.01. The molecule has 2 aromatic heterocycles. The first-order valence-corrected chi connectivity index (χ1v) is 6.82. The Morgan fingerprint density at radius 1 is 1.21 bits per heavy atom. The summed E-state index contributed by atoms with van der Waals surface area (Å²) < 4.78 is 2.31. The monoisotopic (exact) mass is 257 g/mol. The SMILES string of the molecule is CC(C)(C)NCc1cccn1CCc1cccnc1. The van der Waals surface area contributed by atoms with Crippen molar-refractivity contribution in [2.24, 2.45) is 0 Å². The Kier molecular flexibility index (Phi) is 4.38. The van der Waals surface area contributed by atoms with Crippen LogP contribution in [0.1, 0.15) is 32.0 Å². The normalized spacial score (nSPS) is 11.7. The lowest BCUT2D eigenvalue weighted by molar-refractivity contribution is 0.415. The average Bonchev–Trinajstić information content (AvgIpc) is 2.82. The summed E-state index contributed by atoms with van der Waals surface area (Å²) in [4.78, 5) is 4.15. The average molecular weight is 257 g/mol. The first-order chi connectivity index (χ1) is 9.04. The maximum atomic E-state index is 4.15. The second-order valence-electron chi connectivity index (χ2n) is 5.91. The fourth-order valence-corrected chi connectivity index (χ4v) is 1.98. The van der Waals surface area contributed by atoms with E-state index in [1.165, 1.54) is 11.3 Å². The first kappa shape index (κ1) is 13.8. The number of aryl methyl sites for hydroxylation is 2. The minimum atomic E-state index is 0.151. The van der Waals surface area contributed by atoms with Crippen LogP contribution in [0.2, 0.25) is 0 Å². The third kappa shape index (κ3) is 4.52. The van der Waals surface area contributed by atoms with Crippen molar-refractivity contribution in [1.82, 2.24) is 14.9 Å². The van der Waals surface area contributed by atoms with Crippen molar-refractivity contribution in [3.63, 3.8) is 0 Å². The van der Waals surface area contributed by atoms with Gasteiger partial charge in [-0.15, -0.1) is 0 Å². The van der Waals surface area contributed by atoms with Crippen LogP contribution in [0.5, 0.6) is 0 Å². The van der Waals surface area contributed by atoms with Gasteiger partial charge in [0.2, 0.25) is 0 Å². The van der Waals surface area contributed by atoms with Gasteiger partial charge >= 0.3 is 0 Å². The van der Waals surface area contributed by atoms with Crippen LogP contribution in [-0.4, -0.2) is 15.1 Å². The first-order valence-electron chi connectivity index (χ1n) is 6.82. The molecule has 0 aromatic carbocycles. The standard InChI is InChI=1S/C16H23N3/c1-16(2,3)18-13-15-7-5-10-19(15)11-8-14-6-4-9-17-12-14/h4-7,9-10,12,18H,8,11,13H2,1-3H3. The molecule has 3 nitrogen and oxygen atoms in total.